The van der Waals surface area contributed by atoms with Gasteiger partial charge in [-0.15, -0.1) is 0 Å². The highest BCUT2D eigenvalue weighted by Gasteiger charge is 2.21. The van der Waals surface area contributed by atoms with Gasteiger partial charge >= 0.3 is 11.9 Å². The van der Waals surface area contributed by atoms with Crippen LogP contribution >= 0.6 is 0 Å². The van der Waals surface area contributed by atoms with Gasteiger partial charge in [0.1, 0.15) is 0 Å². The molecule has 1 saturated heterocycles. The lowest BCUT2D eigenvalue weighted by Gasteiger charge is -2.19. The number of Topliss-reactive ketones (excluding diaryl/α,β-unsaturated/α-hetero) is 1. The lowest BCUT2D eigenvalue weighted by molar-refractivity contribution is -0.159. The van der Waals surface area contributed by atoms with E-state index in [1.165, 1.54) is 19.8 Å². The molecule has 10 nitrogen and oxygen atoms in total. The molecule has 2 heterocycles. The summed E-state index contributed by atoms with van der Waals surface area (Å²) in [5.41, 5.74) is 0.931. The SMILES string of the molecule is CC(=O)c1cc2c(cc1NC(=O)CN1CCCCCC1)OCO2.O=C(O)C(=O)O. The summed E-state index contributed by atoms with van der Waals surface area (Å²) in [5, 5.41) is 17.6. The van der Waals surface area contributed by atoms with Crippen molar-refractivity contribution in [3.63, 3.8) is 0 Å². The first-order valence-electron chi connectivity index (χ1n) is 9.21. The molecule has 3 rings (SSSR count). The molecule has 1 amide bonds. The van der Waals surface area contributed by atoms with Crippen LogP contribution in [0.5, 0.6) is 11.5 Å². The Morgan fingerprint density at radius 2 is 1.52 bits per heavy atom. The van der Waals surface area contributed by atoms with E-state index in [1.54, 1.807) is 12.1 Å². The van der Waals surface area contributed by atoms with Crippen LogP contribution in [-0.2, 0) is 14.4 Å². The second kappa shape index (κ2) is 10.4. The van der Waals surface area contributed by atoms with Gasteiger partial charge in [0.25, 0.3) is 0 Å². The number of carboxylic acid groups (broad SMARTS) is 2. The van der Waals surface area contributed by atoms with Gasteiger partial charge in [0.15, 0.2) is 17.3 Å². The molecule has 0 saturated carbocycles. The first-order chi connectivity index (χ1) is 13.8. The van der Waals surface area contributed by atoms with Crippen molar-refractivity contribution in [2.45, 2.75) is 32.6 Å². The lowest BCUT2D eigenvalue weighted by atomic mass is 10.1. The minimum absolute atomic E-state index is 0.103. The molecule has 1 aromatic rings. The Bertz CT molecular complexity index is 773. The molecule has 0 atom stereocenters. The molecule has 158 valence electrons. The Balaban J connectivity index is 0.000000438. The topological polar surface area (TPSA) is 142 Å². The largest absolute Gasteiger partial charge is 0.473 e. The highest BCUT2D eigenvalue weighted by molar-refractivity contribution is 6.27. The molecule has 0 radical (unpaired) electrons. The number of nitrogens with zero attached hydrogens (tertiary/aromatic N) is 1. The van der Waals surface area contributed by atoms with E-state index in [0.717, 1.165) is 25.9 Å². The van der Waals surface area contributed by atoms with Gasteiger partial charge in [-0.1, -0.05) is 12.8 Å². The zero-order valence-electron chi connectivity index (χ0n) is 16.1. The van der Waals surface area contributed by atoms with Crippen molar-refractivity contribution in [1.29, 1.82) is 0 Å². The van der Waals surface area contributed by atoms with Crippen LogP contribution in [0.15, 0.2) is 12.1 Å². The van der Waals surface area contributed by atoms with E-state index in [2.05, 4.69) is 10.2 Å². The molecule has 3 N–H and O–H groups in total. The molecule has 2 aliphatic heterocycles. The van der Waals surface area contributed by atoms with Gasteiger partial charge in [-0.25, -0.2) is 9.59 Å². The van der Waals surface area contributed by atoms with Crippen molar-refractivity contribution in [2.24, 2.45) is 0 Å². The molecule has 0 unspecified atom stereocenters. The predicted molar refractivity (Wildman–Crippen MR) is 101 cm³/mol. The Kier molecular flexibility index (Phi) is 7.96. The van der Waals surface area contributed by atoms with Crippen LogP contribution in [-0.4, -0.2) is 65.2 Å². The van der Waals surface area contributed by atoms with E-state index in [1.807, 2.05) is 0 Å². The van der Waals surface area contributed by atoms with Gasteiger partial charge in [-0.3, -0.25) is 14.5 Å². The van der Waals surface area contributed by atoms with Crippen LogP contribution in [0, 0.1) is 0 Å². The quantitative estimate of drug-likeness (QED) is 0.500. The fourth-order valence-corrected chi connectivity index (χ4v) is 3.02. The zero-order valence-corrected chi connectivity index (χ0v) is 16.1. The van der Waals surface area contributed by atoms with Crippen LogP contribution in [0.25, 0.3) is 0 Å². The number of benzene rings is 1. The second-order valence-corrected chi connectivity index (χ2v) is 6.66. The number of ether oxygens (including phenoxy) is 2. The number of anilines is 1. The summed E-state index contributed by atoms with van der Waals surface area (Å²) in [7, 11) is 0. The Morgan fingerprint density at radius 1 is 0.966 bits per heavy atom. The number of aliphatic carboxylic acids is 2. The number of fused-ring (bicyclic) bond motifs is 1. The van der Waals surface area contributed by atoms with Gasteiger partial charge in [0.05, 0.1) is 12.2 Å². The Labute approximate surface area is 167 Å². The van der Waals surface area contributed by atoms with Crippen LogP contribution in [0.4, 0.5) is 5.69 Å². The molecule has 0 spiro atoms. The number of hydrogen-bond donors (Lipinski definition) is 3. The third kappa shape index (κ3) is 6.75. The highest BCUT2D eigenvalue weighted by atomic mass is 16.7. The van der Waals surface area contributed by atoms with E-state index >= 15 is 0 Å². The fourth-order valence-electron chi connectivity index (χ4n) is 3.02. The van der Waals surface area contributed by atoms with Gasteiger partial charge in [0, 0.05) is 11.6 Å². The van der Waals surface area contributed by atoms with E-state index in [0.29, 0.717) is 29.3 Å². The first-order valence-corrected chi connectivity index (χ1v) is 9.21. The average molecular weight is 408 g/mol. The zero-order chi connectivity index (χ0) is 21.4. The second-order valence-electron chi connectivity index (χ2n) is 6.66. The molecule has 1 fully saturated rings. The number of ketones is 1. The summed E-state index contributed by atoms with van der Waals surface area (Å²) < 4.78 is 10.6. The molecule has 0 bridgehead atoms. The van der Waals surface area contributed by atoms with Crippen molar-refractivity contribution >= 4 is 29.3 Å². The summed E-state index contributed by atoms with van der Waals surface area (Å²) in [4.78, 5) is 44.5. The lowest BCUT2D eigenvalue weighted by Crippen LogP contribution is -2.34. The number of likely N-dealkylation sites (tertiary alicyclic amines) is 1. The van der Waals surface area contributed by atoms with Gasteiger partial charge in [-0.05, 0) is 38.9 Å². The fraction of sp³-hybridized carbons (Fsp3) is 0.474. The maximum absolute atomic E-state index is 12.3. The van der Waals surface area contributed by atoms with Gasteiger partial charge in [0.2, 0.25) is 12.7 Å². The third-order valence-electron chi connectivity index (χ3n) is 4.41. The maximum atomic E-state index is 12.3. The molecule has 0 aromatic heterocycles. The van der Waals surface area contributed by atoms with Crippen molar-refractivity contribution in [3.8, 4) is 11.5 Å². The molecule has 1 aromatic carbocycles. The summed E-state index contributed by atoms with van der Waals surface area (Å²) in [6.07, 6.45) is 4.73. The molecule has 0 aliphatic carbocycles. The Hall–Kier alpha value is -3.14. The summed E-state index contributed by atoms with van der Waals surface area (Å²) >= 11 is 0. The van der Waals surface area contributed by atoms with Gasteiger partial charge < -0.3 is 25.0 Å². The monoisotopic (exact) mass is 408 g/mol. The number of carbonyl (C=O) groups is 4. The molecule has 29 heavy (non-hydrogen) atoms. The van der Waals surface area contributed by atoms with Crippen LogP contribution in [0.2, 0.25) is 0 Å². The summed E-state index contributed by atoms with van der Waals surface area (Å²) in [5.74, 6) is -2.77. The van der Waals surface area contributed by atoms with Crippen molar-refractivity contribution in [2.75, 3.05) is 31.7 Å². The average Bonchev–Trinajstić information content (AvgIpc) is 2.96. The maximum Gasteiger partial charge on any atom is 0.414 e. The predicted octanol–water partition coefficient (Wildman–Crippen LogP) is 1.59. The normalized spacial score (nSPS) is 15.5. The number of rotatable bonds is 4. The number of carboxylic acids is 2. The Morgan fingerprint density at radius 3 is 2.03 bits per heavy atom. The number of nitrogens with one attached hydrogen (secondary N) is 1. The summed E-state index contributed by atoms with van der Waals surface area (Å²) in [6.45, 7) is 3.87. The van der Waals surface area contributed by atoms with Crippen LogP contribution in [0.3, 0.4) is 0 Å². The van der Waals surface area contributed by atoms with E-state index in [4.69, 9.17) is 29.3 Å². The summed E-state index contributed by atoms with van der Waals surface area (Å²) in [6, 6.07) is 3.30. The third-order valence-corrected chi connectivity index (χ3v) is 4.41. The van der Waals surface area contributed by atoms with E-state index < -0.39 is 11.9 Å². The van der Waals surface area contributed by atoms with Crippen molar-refractivity contribution in [3.05, 3.63) is 17.7 Å². The molecule has 10 heteroatoms. The molecular weight excluding hydrogens is 384 g/mol. The minimum atomic E-state index is -1.82. The molecule has 2 aliphatic rings. The van der Waals surface area contributed by atoms with Crippen molar-refractivity contribution < 1.29 is 38.9 Å². The number of hydrogen-bond acceptors (Lipinski definition) is 7. The highest BCUT2D eigenvalue weighted by Crippen LogP contribution is 2.37. The van der Waals surface area contributed by atoms with E-state index in [9.17, 15) is 9.59 Å². The van der Waals surface area contributed by atoms with Crippen molar-refractivity contribution in [1.82, 2.24) is 4.90 Å². The van der Waals surface area contributed by atoms with E-state index in [-0.39, 0.29) is 18.5 Å². The van der Waals surface area contributed by atoms with Crippen LogP contribution in [0.1, 0.15) is 43.0 Å². The first kappa shape index (κ1) is 22.2. The smallest absolute Gasteiger partial charge is 0.414 e. The minimum Gasteiger partial charge on any atom is -0.473 e. The number of amides is 1. The molecular formula is C19H24N2O8. The number of carbonyl (C=O) groups excluding carboxylic acids is 2. The van der Waals surface area contributed by atoms with Crippen LogP contribution < -0.4 is 14.8 Å². The standard InChI is InChI=1S/C17H22N2O4.C2H2O4/c1-12(20)13-8-15-16(23-11-22-15)9-14(13)18-17(21)10-19-6-4-2-3-5-7-19;3-1(4)2(5)6/h8-9H,2-7,10-11H2,1H3,(H,18,21);(H,3,4)(H,5,6). The van der Waals surface area contributed by atoms with Gasteiger partial charge in [-0.2, -0.15) is 0 Å².